The van der Waals surface area contributed by atoms with Gasteiger partial charge < -0.3 is 25.6 Å². The maximum atomic E-state index is 11.1. The van der Waals surface area contributed by atoms with Gasteiger partial charge in [0.15, 0.2) is 0 Å². The Hall–Kier alpha value is -1.79. The first-order chi connectivity index (χ1) is 9.35. The first kappa shape index (κ1) is 16.3. The molecule has 6 nitrogen and oxygen atoms in total. The van der Waals surface area contributed by atoms with E-state index in [1.54, 1.807) is 45.2 Å². The summed E-state index contributed by atoms with van der Waals surface area (Å²) in [6.07, 6.45) is -0.750. The van der Waals surface area contributed by atoms with Gasteiger partial charge in [-0.3, -0.25) is 4.79 Å². The standard InChI is InChI=1S/C14H22N2O4/c1-14(2,13(15)18)16-8-10(17)9-20-12-6-4-5-11(7-12)19-3/h4-7,10,16-17H,8-9H2,1-3H3,(H2,15,18). The minimum Gasteiger partial charge on any atom is -0.497 e. The largest absolute Gasteiger partial charge is 0.497 e. The lowest BCUT2D eigenvalue weighted by Crippen LogP contribution is -2.53. The SMILES string of the molecule is COc1cccc(OCC(O)CNC(C)(C)C(N)=O)c1. The smallest absolute Gasteiger partial charge is 0.237 e. The topological polar surface area (TPSA) is 93.8 Å². The van der Waals surface area contributed by atoms with Gasteiger partial charge in [-0.2, -0.15) is 0 Å². The molecule has 0 heterocycles. The molecule has 0 aliphatic heterocycles. The molecule has 0 saturated heterocycles. The highest BCUT2D eigenvalue weighted by molar-refractivity contribution is 5.83. The van der Waals surface area contributed by atoms with Crippen LogP contribution in [0.25, 0.3) is 0 Å². The third-order valence-electron chi connectivity index (χ3n) is 2.88. The van der Waals surface area contributed by atoms with Crippen molar-refractivity contribution < 1.29 is 19.4 Å². The molecular formula is C14H22N2O4. The lowest BCUT2D eigenvalue weighted by Gasteiger charge is -2.24. The van der Waals surface area contributed by atoms with E-state index in [-0.39, 0.29) is 13.2 Å². The maximum Gasteiger partial charge on any atom is 0.237 e. The summed E-state index contributed by atoms with van der Waals surface area (Å²) < 4.78 is 10.5. The number of nitrogens with one attached hydrogen (secondary N) is 1. The van der Waals surface area contributed by atoms with Gasteiger partial charge in [0, 0.05) is 12.6 Å². The number of nitrogens with two attached hydrogens (primary N) is 1. The molecule has 0 radical (unpaired) electrons. The number of aliphatic hydroxyl groups is 1. The van der Waals surface area contributed by atoms with Crippen molar-refractivity contribution in [2.45, 2.75) is 25.5 Å². The van der Waals surface area contributed by atoms with E-state index in [0.717, 1.165) is 0 Å². The van der Waals surface area contributed by atoms with Crippen molar-refractivity contribution in [2.75, 3.05) is 20.3 Å². The van der Waals surface area contributed by atoms with Gasteiger partial charge in [-0.15, -0.1) is 0 Å². The first-order valence-corrected chi connectivity index (χ1v) is 6.35. The number of aliphatic hydroxyl groups excluding tert-OH is 1. The number of ether oxygens (including phenoxy) is 2. The minimum atomic E-state index is -0.864. The number of amides is 1. The van der Waals surface area contributed by atoms with Crippen LogP contribution >= 0.6 is 0 Å². The van der Waals surface area contributed by atoms with Gasteiger partial charge in [-0.25, -0.2) is 0 Å². The van der Waals surface area contributed by atoms with Crippen molar-refractivity contribution in [3.05, 3.63) is 24.3 Å². The summed E-state index contributed by atoms with van der Waals surface area (Å²) in [6, 6.07) is 7.11. The van der Waals surface area contributed by atoms with Crippen molar-refractivity contribution in [3.63, 3.8) is 0 Å². The summed E-state index contributed by atoms with van der Waals surface area (Å²) in [7, 11) is 1.57. The normalized spacial score (nSPS) is 12.8. The summed E-state index contributed by atoms with van der Waals surface area (Å²) in [6.45, 7) is 3.63. The van der Waals surface area contributed by atoms with Crippen LogP contribution in [0.15, 0.2) is 24.3 Å². The molecule has 20 heavy (non-hydrogen) atoms. The van der Waals surface area contributed by atoms with E-state index in [2.05, 4.69) is 5.32 Å². The molecule has 0 aromatic heterocycles. The number of β-amino-alcohol motifs (C(OH)–C–C–N with tert-alkyl or cyclic N) is 1. The molecule has 0 saturated carbocycles. The van der Waals surface area contributed by atoms with Gasteiger partial charge in [0.05, 0.1) is 12.6 Å². The number of hydrogen-bond donors (Lipinski definition) is 3. The van der Waals surface area contributed by atoms with E-state index >= 15 is 0 Å². The third kappa shape index (κ3) is 5.07. The van der Waals surface area contributed by atoms with Crippen molar-refractivity contribution in [1.82, 2.24) is 5.32 Å². The van der Waals surface area contributed by atoms with Gasteiger partial charge in [-0.05, 0) is 26.0 Å². The van der Waals surface area contributed by atoms with E-state index in [0.29, 0.717) is 11.5 Å². The van der Waals surface area contributed by atoms with E-state index in [1.807, 2.05) is 0 Å². The molecule has 0 bridgehead atoms. The summed E-state index contributed by atoms with van der Waals surface area (Å²) in [4.78, 5) is 11.1. The fourth-order valence-electron chi connectivity index (χ4n) is 1.40. The molecule has 1 atom stereocenters. The maximum absolute atomic E-state index is 11.1. The molecule has 0 fully saturated rings. The zero-order valence-electron chi connectivity index (χ0n) is 12.1. The van der Waals surface area contributed by atoms with Gasteiger partial charge in [0.1, 0.15) is 24.2 Å². The Kier molecular flexibility index (Phi) is 5.79. The molecule has 1 aromatic rings. The van der Waals surface area contributed by atoms with Gasteiger partial charge in [-0.1, -0.05) is 6.07 Å². The van der Waals surface area contributed by atoms with Crippen LogP contribution in [0.3, 0.4) is 0 Å². The molecule has 0 aliphatic carbocycles. The Labute approximate surface area is 118 Å². The molecule has 112 valence electrons. The highest BCUT2D eigenvalue weighted by atomic mass is 16.5. The number of carbonyl (C=O) groups is 1. The highest BCUT2D eigenvalue weighted by Crippen LogP contribution is 2.18. The average Bonchev–Trinajstić information content (AvgIpc) is 2.43. The molecule has 1 aromatic carbocycles. The van der Waals surface area contributed by atoms with Gasteiger partial charge in [0.2, 0.25) is 5.91 Å². The van der Waals surface area contributed by atoms with Gasteiger partial charge >= 0.3 is 0 Å². The van der Waals surface area contributed by atoms with Crippen LogP contribution in [0, 0.1) is 0 Å². The Bertz CT molecular complexity index is 449. The minimum absolute atomic E-state index is 0.106. The van der Waals surface area contributed by atoms with E-state index in [9.17, 15) is 9.90 Å². The van der Waals surface area contributed by atoms with E-state index in [1.165, 1.54) is 0 Å². The Morgan fingerprint density at radius 2 is 2.10 bits per heavy atom. The van der Waals surface area contributed by atoms with Crippen LogP contribution in [0.5, 0.6) is 11.5 Å². The number of rotatable bonds is 8. The van der Waals surface area contributed by atoms with Crippen molar-refractivity contribution in [2.24, 2.45) is 5.73 Å². The number of methoxy groups -OCH3 is 1. The second-order valence-corrected chi connectivity index (χ2v) is 5.01. The molecule has 1 unspecified atom stereocenters. The summed E-state index contributed by atoms with van der Waals surface area (Å²) in [5, 5.41) is 12.7. The van der Waals surface area contributed by atoms with Crippen molar-refractivity contribution in [3.8, 4) is 11.5 Å². The fraction of sp³-hybridized carbons (Fsp3) is 0.500. The summed E-state index contributed by atoms with van der Waals surface area (Å²) in [5.41, 5.74) is 4.36. The van der Waals surface area contributed by atoms with Crippen LogP contribution in [0.4, 0.5) is 0 Å². The molecule has 1 rings (SSSR count). The zero-order chi connectivity index (χ0) is 15.2. The predicted octanol–water partition coefficient (Wildman–Crippen LogP) is 0.288. The summed E-state index contributed by atoms with van der Waals surface area (Å²) >= 11 is 0. The monoisotopic (exact) mass is 282 g/mol. The summed E-state index contributed by atoms with van der Waals surface area (Å²) in [5.74, 6) is 0.820. The van der Waals surface area contributed by atoms with Crippen molar-refractivity contribution >= 4 is 5.91 Å². The van der Waals surface area contributed by atoms with Crippen LogP contribution in [-0.4, -0.2) is 42.9 Å². The van der Waals surface area contributed by atoms with Crippen molar-refractivity contribution in [1.29, 1.82) is 0 Å². The molecule has 1 amide bonds. The lowest BCUT2D eigenvalue weighted by atomic mass is 10.1. The molecule has 6 heteroatoms. The quantitative estimate of drug-likeness (QED) is 0.637. The molecule has 0 spiro atoms. The number of primary amides is 1. The van der Waals surface area contributed by atoms with Crippen LogP contribution in [0.2, 0.25) is 0 Å². The fourth-order valence-corrected chi connectivity index (χ4v) is 1.40. The average molecular weight is 282 g/mol. The zero-order valence-corrected chi connectivity index (χ0v) is 12.1. The Morgan fingerprint density at radius 3 is 2.70 bits per heavy atom. The lowest BCUT2D eigenvalue weighted by molar-refractivity contribution is -0.123. The second-order valence-electron chi connectivity index (χ2n) is 5.01. The number of hydrogen-bond acceptors (Lipinski definition) is 5. The van der Waals surface area contributed by atoms with Crippen LogP contribution < -0.4 is 20.5 Å². The molecule has 4 N–H and O–H groups in total. The highest BCUT2D eigenvalue weighted by Gasteiger charge is 2.24. The molecular weight excluding hydrogens is 260 g/mol. The third-order valence-corrected chi connectivity index (χ3v) is 2.88. The number of carbonyl (C=O) groups excluding carboxylic acids is 1. The number of benzene rings is 1. The Morgan fingerprint density at radius 1 is 1.45 bits per heavy atom. The second kappa shape index (κ2) is 7.12. The van der Waals surface area contributed by atoms with Gasteiger partial charge in [0.25, 0.3) is 0 Å². The van der Waals surface area contributed by atoms with E-state index in [4.69, 9.17) is 15.2 Å². The van der Waals surface area contributed by atoms with Crippen LogP contribution in [0.1, 0.15) is 13.8 Å². The first-order valence-electron chi connectivity index (χ1n) is 6.35. The van der Waals surface area contributed by atoms with E-state index < -0.39 is 17.6 Å². The van der Waals surface area contributed by atoms with Crippen LogP contribution in [-0.2, 0) is 4.79 Å². The predicted molar refractivity (Wildman–Crippen MR) is 75.8 cm³/mol. The Balaban J connectivity index is 2.39. The molecule has 0 aliphatic rings.